The van der Waals surface area contributed by atoms with Crippen LogP contribution in [0.3, 0.4) is 0 Å². The Balaban J connectivity index is 1.98. The van der Waals surface area contributed by atoms with Gasteiger partial charge in [-0.15, -0.1) is 0 Å². The van der Waals surface area contributed by atoms with Crippen LogP contribution in [0.5, 0.6) is 0 Å². The summed E-state index contributed by atoms with van der Waals surface area (Å²) in [4.78, 5) is 10.7. The van der Waals surface area contributed by atoms with Gasteiger partial charge in [0.05, 0.1) is 0 Å². The Hall–Kier alpha value is -0.180. The van der Waals surface area contributed by atoms with Crippen molar-refractivity contribution in [1.82, 2.24) is 5.32 Å². The fourth-order valence-electron chi connectivity index (χ4n) is 0.786. The van der Waals surface area contributed by atoms with Gasteiger partial charge in [-0.3, -0.25) is 4.79 Å². The van der Waals surface area contributed by atoms with Crippen LogP contribution in [0.25, 0.3) is 0 Å². The van der Waals surface area contributed by atoms with Crippen molar-refractivity contribution in [2.45, 2.75) is 13.3 Å². The minimum Gasteiger partial charge on any atom is -0.356 e. The molecule has 0 aromatic heterocycles. The molecule has 0 radical (unpaired) electrons. The first-order valence-electron chi connectivity index (χ1n) is 3.67. The molecule has 0 spiro atoms. The smallest absolute Gasteiger partial charge is 0.219 e. The summed E-state index contributed by atoms with van der Waals surface area (Å²) in [6.45, 7) is 2.77. The number of rotatable bonds is 3. The van der Waals surface area contributed by atoms with E-state index in [0.717, 1.165) is 12.5 Å². The largest absolute Gasteiger partial charge is 0.356 e. The molecule has 1 saturated heterocycles. The highest BCUT2D eigenvalue weighted by Gasteiger charge is 2.17. The Bertz CT molecular complexity index is 123. The zero-order valence-corrected chi connectivity index (χ0v) is 7.04. The normalized spacial score (nSPS) is 18.1. The summed E-state index contributed by atoms with van der Waals surface area (Å²) in [6.07, 6.45) is 0.611. The fraction of sp³-hybridized carbons (Fsp3) is 0.857. The molecule has 0 unspecified atom stereocenters. The Morgan fingerprint density at radius 2 is 2.40 bits per heavy atom. The summed E-state index contributed by atoms with van der Waals surface area (Å²) < 4.78 is 0. The number of carbonyl (C=O) groups excluding carboxylic acids is 1. The quantitative estimate of drug-likeness (QED) is 0.662. The summed E-state index contributed by atoms with van der Waals surface area (Å²) in [5.41, 5.74) is 0. The monoisotopic (exact) mass is 159 g/mol. The van der Waals surface area contributed by atoms with Crippen LogP contribution in [-0.2, 0) is 4.79 Å². The molecule has 2 nitrogen and oxygen atoms in total. The lowest BCUT2D eigenvalue weighted by molar-refractivity contribution is -0.120. The molecular weight excluding hydrogens is 146 g/mol. The Morgan fingerprint density at radius 3 is 2.80 bits per heavy atom. The predicted molar refractivity (Wildman–Crippen MR) is 44.1 cm³/mol. The van der Waals surface area contributed by atoms with Crippen molar-refractivity contribution in [3.63, 3.8) is 0 Å². The van der Waals surface area contributed by atoms with E-state index in [1.54, 1.807) is 0 Å². The summed E-state index contributed by atoms with van der Waals surface area (Å²) in [6, 6.07) is 0. The lowest BCUT2D eigenvalue weighted by Crippen LogP contribution is -2.34. The second kappa shape index (κ2) is 3.86. The van der Waals surface area contributed by atoms with Gasteiger partial charge in [-0.05, 0) is 17.4 Å². The lowest BCUT2D eigenvalue weighted by Gasteiger charge is -2.24. The molecule has 1 amide bonds. The average molecular weight is 159 g/mol. The summed E-state index contributed by atoms with van der Waals surface area (Å²) in [7, 11) is 0. The van der Waals surface area contributed by atoms with Gasteiger partial charge >= 0.3 is 0 Å². The number of hydrogen-bond acceptors (Lipinski definition) is 2. The molecule has 0 bridgehead atoms. The van der Waals surface area contributed by atoms with Gasteiger partial charge < -0.3 is 5.32 Å². The SMILES string of the molecule is CCC(=O)NCC1CSC1. The van der Waals surface area contributed by atoms with Crippen molar-refractivity contribution in [1.29, 1.82) is 0 Å². The molecule has 3 heteroatoms. The van der Waals surface area contributed by atoms with Crippen LogP contribution in [-0.4, -0.2) is 24.0 Å². The zero-order valence-electron chi connectivity index (χ0n) is 6.22. The lowest BCUT2D eigenvalue weighted by atomic mass is 10.2. The minimum absolute atomic E-state index is 0.178. The maximum Gasteiger partial charge on any atom is 0.219 e. The number of hydrogen-bond donors (Lipinski definition) is 1. The molecule has 1 fully saturated rings. The van der Waals surface area contributed by atoms with Crippen LogP contribution >= 0.6 is 11.8 Å². The van der Waals surface area contributed by atoms with E-state index in [1.165, 1.54) is 11.5 Å². The van der Waals surface area contributed by atoms with Crippen molar-refractivity contribution in [3.8, 4) is 0 Å². The maximum atomic E-state index is 10.7. The Morgan fingerprint density at radius 1 is 1.70 bits per heavy atom. The number of thioether (sulfide) groups is 1. The van der Waals surface area contributed by atoms with Crippen molar-refractivity contribution in [2.24, 2.45) is 5.92 Å². The molecule has 1 aliphatic rings. The van der Waals surface area contributed by atoms with Crippen LogP contribution in [0.4, 0.5) is 0 Å². The molecule has 0 atom stereocenters. The number of amides is 1. The molecule has 10 heavy (non-hydrogen) atoms. The van der Waals surface area contributed by atoms with E-state index >= 15 is 0 Å². The van der Waals surface area contributed by atoms with Crippen LogP contribution in [0.15, 0.2) is 0 Å². The van der Waals surface area contributed by atoms with E-state index in [4.69, 9.17) is 0 Å². The summed E-state index contributed by atoms with van der Waals surface area (Å²) >= 11 is 1.95. The fourth-order valence-corrected chi connectivity index (χ4v) is 1.59. The third-order valence-corrected chi connectivity index (χ3v) is 3.03. The van der Waals surface area contributed by atoms with Gasteiger partial charge in [0.2, 0.25) is 5.91 Å². The highest BCUT2D eigenvalue weighted by molar-refractivity contribution is 8.00. The molecule has 0 aromatic carbocycles. The summed E-state index contributed by atoms with van der Waals surface area (Å²) in [5, 5.41) is 2.88. The standard InChI is InChI=1S/C7H13NOS/c1-2-7(9)8-3-6-4-10-5-6/h6H,2-5H2,1H3,(H,8,9). The van der Waals surface area contributed by atoms with Crippen molar-refractivity contribution >= 4 is 17.7 Å². The van der Waals surface area contributed by atoms with E-state index in [2.05, 4.69) is 5.32 Å². The van der Waals surface area contributed by atoms with Gasteiger partial charge in [0.25, 0.3) is 0 Å². The number of nitrogens with one attached hydrogen (secondary N) is 1. The molecular formula is C7H13NOS. The highest BCUT2D eigenvalue weighted by atomic mass is 32.2. The third-order valence-electron chi connectivity index (χ3n) is 1.62. The maximum absolute atomic E-state index is 10.7. The molecule has 1 N–H and O–H groups in total. The first-order valence-corrected chi connectivity index (χ1v) is 4.83. The first-order chi connectivity index (χ1) is 4.83. The molecule has 1 rings (SSSR count). The van der Waals surface area contributed by atoms with Crippen LogP contribution in [0.1, 0.15) is 13.3 Å². The van der Waals surface area contributed by atoms with E-state index in [9.17, 15) is 4.79 Å². The Kier molecular flexibility index (Phi) is 3.06. The van der Waals surface area contributed by atoms with E-state index in [1.807, 2.05) is 18.7 Å². The number of carbonyl (C=O) groups is 1. The molecule has 1 heterocycles. The topological polar surface area (TPSA) is 29.1 Å². The second-order valence-corrected chi connectivity index (χ2v) is 3.64. The molecule has 1 aliphatic heterocycles. The first kappa shape index (κ1) is 7.92. The van der Waals surface area contributed by atoms with Gasteiger partial charge in [-0.25, -0.2) is 0 Å². The Labute approximate surface area is 65.8 Å². The molecule has 58 valence electrons. The van der Waals surface area contributed by atoms with Gasteiger partial charge in [-0.2, -0.15) is 11.8 Å². The van der Waals surface area contributed by atoms with E-state index in [-0.39, 0.29) is 5.91 Å². The van der Waals surface area contributed by atoms with Crippen LogP contribution < -0.4 is 5.32 Å². The van der Waals surface area contributed by atoms with Gasteiger partial charge in [0, 0.05) is 13.0 Å². The van der Waals surface area contributed by atoms with Crippen molar-refractivity contribution in [2.75, 3.05) is 18.1 Å². The molecule has 0 saturated carbocycles. The van der Waals surface area contributed by atoms with E-state index in [0.29, 0.717) is 6.42 Å². The summed E-state index contributed by atoms with van der Waals surface area (Å²) in [5.74, 6) is 3.38. The van der Waals surface area contributed by atoms with Crippen LogP contribution in [0.2, 0.25) is 0 Å². The zero-order chi connectivity index (χ0) is 7.40. The molecule has 0 aromatic rings. The van der Waals surface area contributed by atoms with Gasteiger partial charge in [0.1, 0.15) is 0 Å². The van der Waals surface area contributed by atoms with Gasteiger partial charge in [-0.1, -0.05) is 6.92 Å². The highest BCUT2D eigenvalue weighted by Crippen LogP contribution is 2.23. The van der Waals surface area contributed by atoms with E-state index < -0.39 is 0 Å². The third kappa shape index (κ3) is 2.21. The predicted octanol–water partition coefficient (Wildman–Crippen LogP) is 0.876. The second-order valence-electron chi connectivity index (χ2n) is 2.56. The van der Waals surface area contributed by atoms with Crippen LogP contribution in [0, 0.1) is 5.92 Å². The average Bonchev–Trinajstić information content (AvgIpc) is 1.84. The van der Waals surface area contributed by atoms with Gasteiger partial charge in [0.15, 0.2) is 0 Å². The minimum atomic E-state index is 0.178. The molecule has 0 aliphatic carbocycles. The van der Waals surface area contributed by atoms with Crippen molar-refractivity contribution in [3.05, 3.63) is 0 Å². The van der Waals surface area contributed by atoms with Crippen molar-refractivity contribution < 1.29 is 4.79 Å².